The summed E-state index contributed by atoms with van der Waals surface area (Å²) in [6.45, 7) is 7.11. The van der Waals surface area contributed by atoms with Crippen LogP contribution in [-0.4, -0.2) is 18.3 Å². The van der Waals surface area contributed by atoms with Crippen LogP contribution in [0.3, 0.4) is 0 Å². The zero-order chi connectivity index (χ0) is 12.0. The average Bonchev–Trinajstić information content (AvgIpc) is 2.35. The lowest BCUT2D eigenvalue weighted by molar-refractivity contribution is 0.173. The molecule has 0 aliphatic rings. The van der Waals surface area contributed by atoms with Crippen LogP contribution in [0.5, 0.6) is 5.75 Å². The highest BCUT2D eigenvalue weighted by molar-refractivity contribution is 5.35. The fraction of sp³-hybridized carbons (Fsp3) is 0.571. The van der Waals surface area contributed by atoms with Gasteiger partial charge in [-0.05, 0) is 24.0 Å². The number of rotatable bonds is 6. The first-order chi connectivity index (χ1) is 7.69. The molecule has 0 radical (unpaired) electrons. The highest BCUT2D eigenvalue weighted by Crippen LogP contribution is 2.28. The Morgan fingerprint density at radius 1 is 1.25 bits per heavy atom. The molecule has 0 aliphatic heterocycles. The monoisotopic (exact) mass is 222 g/mol. The third kappa shape index (κ3) is 3.53. The molecule has 0 amide bonds. The third-order valence-corrected chi connectivity index (χ3v) is 2.90. The highest BCUT2D eigenvalue weighted by atomic mass is 16.5. The van der Waals surface area contributed by atoms with Gasteiger partial charge in [0.15, 0.2) is 0 Å². The van der Waals surface area contributed by atoms with Crippen molar-refractivity contribution < 1.29 is 9.84 Å². The van der Waals surface area contributed by atoms with Gasteiger partial charge in [0.25, 0.3) is 0 Å². The molecule has 16 heavy (non-hydrogen) atoms. The molecule has 0 fully saturated rings. The van der Waals surface area contributed by atoms with Crippen molar-refractivity contribution >= 4 is 0 Å². The molecule has 0 aliphatic carbocycles. The Morgan fingerprint density at radius 3 is 2.56 bits per heavy atom. The standard InChI is InChI=1S/C14H22O2/c1-4-12(3)13-7-5-6-8-14(13)16-10-11(2)9-15/h5-8,11-12,15H,4,9-10H2,1-3H3. The number of hydrogen-bond donors (Lipinski definition) is 1. The van der Waals surface area contributed by atoms with Gasteiger partial charge in [-0.15, -0.1) is 0 Å². The zero-order valence-electron chi connectivity index (χ0n) is 10.4. The summed E-state index contributed by atoms with van der Waals surface area (Å²) >= 11 is 0. The van der Waals surface area contributed by atoms with Crippen LogP contribution in [0.25, 0.3) is 0 Å². The first-order valence-electron chi connectivity index (χ1n) is 6.01. The van der Waals surface area contributed by atoms with Gasteiger partial charge in [-0.1, -0.05) is 39.0 Å². The quantitative estimate of drug-likeness (QED) is 0.801. The second-order valence-corrected chi connectivity index (χ2v) is 4.45. The minimum atomic E-state index is 0.172. The average molecular weight is 222 g/mol. The molecule has 90 valence electrons. The normalized spacial score (nSPS) is 14.5. The first kappa shape index (κ1) is 13.0. The van der Waals surface area contributed by atoms with Crippen LogP contribution >= 0.6 is 0 Å². The Bertz CT molecular complexity index is 309. The molecule has 2 atom stereocenters. The van der Waals surface area contributed by atoms with Crippen molar-refractivity contribution in [1.82, 2.24) is 0 Å². The van der Waals surface area contributed by atoms with Crippen molar-refractivity contribution in [2.24, 2.45) is 5.92 Å². The second-order valence-electron chi connectivity index (χ2n) is 4.45. The number of benzene rings is 1. The maximum atomic E-state index is 8.96. The first-order valence-corrected chi connectivity index (χ1v) is 6.01. The van der Waals surface area contributed by atoms with Crippen molar-refractivity contribution in [3.63, 3.8) is 0 Å². The van der Waals surface area contributed by atoms with Crippen LogP contribution in [0.2, 0.25) is 0 Å². The Kier molecular flexibility index (Phi) is 5.33. The molecule has 0 spiro atoms. The van der Waals surface area contributed by atoms with Gasteiger partial charge in [-0.3, -0.25) is 0 Å². The van der Waals surface area contributed by atoms with E-state index in [1.54, 1.807) is 0 Å². The molecule has 2 nitrogen and oxygen atoms in total. The van der Waals surface area contributed by atoms with Crippen LogP contribution < -0.4 is 4.74 Å². The van der Waals surface area contributed by atoms with Crippen molar-refractivity contribution in [2.75, 3.05) is 13.2 Å². The summed E-state index contributed by atoms with van der Waals surface area (Å²) in [5.41, 5.74) is 1.26. The Morgan fingerprint density at radius 2 is 1.94 bits per heavy atom. The molecule has 2 heteroatoms. The fourth-order valence-corrected chi connectivity index (χ4v) is 1.52. The zero-order valence-corrected chi connectivity index (χ0v) is 10.4. The van der Waals surface area contributed by atoms with Gasteiger partial charge in [-0.25, -0.2) is 0 Å². The van der Waals surface area contributed by atoms with Gasteiger partial charge in [0.05, 0.1) is 6.61 Å². The predicted molar refractivity (Wildman–Crippen MR) is 66.9 cm³/mol. The van der Waals surface area contributed by atoms with Crippen LogP contribution in [0.4, 0.5) is 0 Å². The van der Waals surface area contributed by atoms with Gasteiger partial charge in [-0.2, -0.15) is 0 Å². The molecule has 1 aromatic rings. The lowest BCUT2D eigenvalue weighted by Gasteiger charge is -2.17. The second kappa shape index (κ2) is 6.54. The van der Waals surface area contributed by atoms with Gasteiger partial charge < -0.3 is 9.84 Å². The summed E-state index contributed by atoms with van der Waals surface area (Å²) in [6, 6.07) is 8.16. The lowest BCUT2D eigenvalue weighted by atomic mass is 9.98. The smallest absolute Gasteiger partial charge is 0.122 e. The molecule has 0 aromatic heterocycles. The summed E-state index contributed by atoms with van der Waals surface area (Å²) in [4.78, 5) is 0. The maximum Gasteiger partial charge on any atom is 0.122 e. The number of aliphatic hydroxyl groups is 1. The van der Waals surface area contributed by atoms with Gasteiger partial charge in [0, 0.05) is 12.5 Å². The van der Waals surface area contributed by atoms with Crippen LogP contribution in [-0.2, 0) is 0 Å². The maximum absolute atomic E-state index is 8.96. The largest absolute Gasteiger partial charge is 0.493 e. The molecular formula is C14H22O2. The molecule has 0 bridgehead atoms. The van der Waals surface area contributed by atoms with Crippen molar-refractivity contribution in [3.8, 4) is 5.75 Å². The molecule has 1 N–H and O–H groups in total. The predicted octanol–water partition coefficient (Wildman–Crippen LogP) is 3.21. The van der Waals surface area contributed by atoms with Gasteiger partial charge in [0.1, 0.15) is 5.75 Å². The highest BCUT2D eigenvalue weighted by Gasteiger charge is 2.10. The SMILES string of the molecule is CCC(C)c1ccccc1OCC(C)CO. The van der Waals surface area contributed by atoms with E-state index in [2.05, 4.69) is 19.9 Å². The number of para-hydroxylation sites is 1. The number of ether oxygens (including phenoxy) is 1. The Balaban J connectivity index is 2.71. The van der Waals surface area contributed by atoms with Crippen LogP contribution in [0.1, 0.15) is 38.7 Å². The van der Waals surface area contributed by atoms with E-state index < -0.39 is 0 Å². The van der Waals surface area contributed by atoms with E-state index in [0.29, 0.717) is 12.5 Å². The van der Waals surface area contributed by atoms with E-state index in [1.165, 1.54) is 5.56 Å². The molecule has 0 heterocycles. The molecule has 2 unspecified atom stereocenters. The number of aliphatic hydroxyl groups excluding tert-OH is 1. The van der Waals surface area contributed by atoms with E-state index in [4.69, 9.17) is 9.84 Å². The van der Waals surface area contributed by atoms with Gasteiger partial charge >= 0.3 is 0 Å². The minimum Gasteiger partial charge on any atom is -0.493 e. The van der Waals surface area contributed by atoms with Crippen LogP contribution in [0.15, 0.2) is 24.3 Å². The molecule has 1 aromatic carbocycles. The van der Waals surface area contributed by atoms with Gasteiger partial charge in [0.2, 0.25) is 0 Å². The summed E-state index contributed by atoms with van der Waals surface area (Å²) < 4.78 is 5.75. The van der Waals surface area contributed by atoms with E-state index in [1.807, 2.05) is 25.1 Å². The molecule has 0 saturated carbocycles. The molecule has 0 saturated heterocycles. The molecule has 1 rings (SSSR count). The van der Waals surface area contributed by atoms with E-state index in [9.17, 15) is 0 Å². The summed E-state index contributed by atoms with van der Waals surface area (Å²) in [6.07, 6.45) is 1.11. The Labute approximate surface area is 98.3 Å². The fourth-order valence-electron chi connectivity index (χ4n) is 1.52. The van der Waals surface area contributed by atoms with Crippen molar-refractivity contribution in [2.45, 2.75) is 33.1 Å². The number of hydrogen-bond acceptors (Lipinski definition) is 2. The lowest BCUT2D eigenvalue weighted by Crippen LogP contribution is -2.13. The van der Waals surface area contributed by atoms with E-state index in [0.717, 1.165) is 12.2 Å². The van der Waals surface area contributed by atoms with E-state index in [-0.39, 0.29) is 12.5 Å². The summed E-state index contributed by atoms with van der Waals surface area (Å²) in [5.74, 6) is 1.66. The topological polar surface area (TPSA) is 29.5 Å². The van der Waals surface area contributed by atoms with E-state index >= 15 is 0 Å². The van der Waals surface area contributed by atoms with Crippen LogP contribution in [0, 0.1) is 5.92 Å². The van der Waals surface area contributed by atoms with Crippen molar-refractivity contribution in [1.29, 1.82) is 0 Å². The summed E-state index contributed by atoms with van der Waals surface area (Å²) in [5, 5.41) is 8.96. The molecular weight excluding hydrogens is 200 g/mol. The Hall–Kier alpha value is -1.02. The third-order valence-electron chi connectivity index (χ3n) is 2.90. The van der Waals surface area contributed by atoms with Crippen molar-refractivity contribution in [3.05, 3.63) is 29.8 Å². The summed E-state index contributed by atoms with van der Waals surface area (Å²) in [7, 11) is 0. The minimum absolute atomic E-state index is 0.172.